The molecule has 2 N–H and O–H groups in total. The molecule has 2 atom stereocenters. The van der Waals surface area contributed by atoms with Crippen molar-refractivity contribution < 1.29 is 14.3 Å². The van der Waals surface area contributed by atoms with Crippen LogP contribution in [0.4, 0.5) is 0 Å². The number of carbonyl (C=O) groups excluding carboxylic acids is 2. The van der Waals surface area contributed by atoms with Crippen molar-refractivity contribution in [2.45, 2.75) is 38.2 Å². The summed E-state index contributed by atoms with van der Waals surface area (Å²) in [5, 5.41) is 0. The molecule has 2 saturated heterocycles. The van der Waals surface area contributed by atoms with Crippen molar-refractivity contribution in [1.29, 1.82) is 0 Å². The van der Waals surface area contributed by atoms with Crippen LogP contribution in [-0.4, -0.2) is 52.5 Å². The molecule has 0 spiro atoms. The predicted molar refractivity (Wildman–Crippen MR) is 108 cm³/mol. The Hall–Kier alpha value is -2.80. The third-order valence-electron chi connectivity index (χ3n) is 6.03. The highest BCUT2D eigenvalue weighted by molar-refractivity contribution is 5.85. The lowest BCUT2D eigenvalue weighted by atomic mass is 9.73. The molecule has 0 aliphatic carbocycles. The Bertz CT molecular complexity index is 883. The normalized spacial score (nSPS) is 24.4. The van der Waals surface area contributed by atoms with Gasteiger partial charge in [0.05, 0.1) is 5.41 Å². The molecule has 2 aliphatic rings. The standard InChI is InChI=1S/C22H26N4O3/c23-21(28)22(8-4-9-26(14-22)20(27)19-7-3-10-29-19)11-16-5-1-2-6-18(16)17-12-24-15-25-13-17/h1-2,5-6,12-13,15,19H,3-4,7-11,14H2,(H2,23,28)/t19-,22-/m0/s1. The summed E-state index contributed by atoms with van der Waals surface area (Å²) in [4.78, 5) is 35.5. The molecule has 0 bridgehead atoms. The second-order valence-electron chi connectivity index (χ2n) is 7.97. The fourth-order valence-electron chi connectivity index (χ4n) is 4.49. The Morgan fingerprint density at radius 1 is 1.21 bits per heavy atom. The SMILES string of the molecule is NC(=O)[C@]1(Cc2ccccc2-c2cncnc2)CCCN(C(=O)[C@@H]2CCCO2)C1. The van der Waals surface area contributed by atoms with Crippen LogP contribution >= 0.6 is 0 Å². The van der Waals surface area contributed by atoms with Crippen molar-refractivity contribution in [3.8, 4) is 11.1 Å². The van der Waals surface area contributed by atoms with E-state index in [1.165, 1.54) is 6.33 Å². The minimum Gasteiger partial charge on any atom is -0.369 e. The number of ether oxygens (including phenoxy) is 1. The third kappa shape index (κ3) is 4.00. The summed E-state index contributed by atoms with van der Waals surface area (Å²) in [6.07, 6.45) is 8.17. The van der Waals surface area contributed by atoms with Crippen LogP contribution < -0.4 is 5.73 Å². The van der Waals surface area contributed by atoms with Crippen LogP contribution in [0.25, 0.3) is 11.1 Å². The molecule has 2 fully saturated rings. The van der Waals surface area contributed by atoms with E-state index in [4.69, 9.17) is 10.5 Å². The number of hydrogen-bond acceptors (Lipinski definition) is 5. The van der Waals surface area contributed by atoms with Gasteiger partial charge < -0.3 is 15.4 Å². The summed E-state index contributed by atoms with van der Waals surface area (Å²) in [5.41, 5.74) is 8.01. The topological polar surface area (TPSA) is 98.4 Å². The highest BCUT2D eigenvalue weighted by Gasteiger charge is 2.44. The van der Waals surface area contributed by atoms with Gasteiger partial charge in [0.25, 0.3) is 5.91 Å². The maximum atomic E-state index is 12.9. The van der Waals surface area contributed by atoms with Crippen LogP contribution in [0.1, 0.15) is 31.2 Å². The fraction of sp³-hybridized carbons (Fsp3) is 0.455. The lowest BCUT2D eigenvalue weighted by molar-refractivity contribution is -0.147. The van der Waals surface area contributed by atoms with E-state index in [1.54, 1.807) is 17.3 Å². The van der Waals surface area contributed by atoms with Gasteiger partial charge in [-0.2, -0.15) is 0 Å². The molecule has 2 amide bonds. The molecule has 7 nitrogen and oxygen atoms in total. The quantitative estimate of drug-likeness (QED) is 0.836. The van der Waals surface area contributed by atoms with Gasteiger partial charge in [0.2, 0.25) is 5.91 Å². The number of rotatable bonds is 5. The molecule has 7 heteroatoms. The molecular formula is C22H26N4O3. The Labute approximate surface area is 170 Å². The first kappa shape index (κ1) is 19.5. The second kappa shape index (κ2) is 8.29. The number of primary amides is 1. The van der Waals surface area contributed by atoms with Crippen molar-refractivity contribution >= 4 is 11.8 Å². The number of aromatic nitrogens is 2. The van der Waals surface area contributed by atoms with Gasteiger partial charge >= 0.3 is 0 Å². The van der Waals surface area contributed by atoms with Crippen LogP contribution in [0.5, 0.6) is 0 Å². The van der Waals surface area contributed by atoms with E-state index >= 15 is 0 Å². The zero-order valence-corrected chi connectivity index (χ0v) is 16.4. The molecule has 0 saturated carbocycles. The molecule has 152 valence electrons. The summed E-state index contributed by atoms with van der Waals surface area (Å²) in [5.74, 6) is -0.376. The number of hydrogen-bond donors (Lipinski definition) is 1. The van der Waals surface area contributed by atoms with Crippen LogP contribution in [-0.2, 0) is 20.7 Å². The highest BCUT2D eigenvalue weighted by atomic mass is 16.5. The minimum absolute atomic E-state index is 0.0161. The van der Waals surface area contributed by atoms with Crippen molar-refractivity contribution in [1.82, 2.24) is 14.9 Å². The lowest BCUT2D eigenvalue weighted by Crippen LogP contribution is -2.55. The van der Waals surface area contributed by atoms with Gasteiger partial charge in [0, 0.05) is 37.7 Å². The first-order valence-corrected chi connectivity index (χ1v) is 10.1. The van der Waals surface area contributed by atoms with E-state index in [-0.39, 0.29) is 17.9 Å². The van der Waals surface area contributed by atoms with Gasteiger partial charge in [0.1, 0.15) is 12.4 Å². The molecule has 3 heterocycles. The number of carbonyl (C=O) groups is 2. The number of piperidine rings is 1. The van der Waals surface area contributed by atoms with Gasteiger partial charge in [-0.1, -0.05) is 24.3 Å². The summed E-state index contributed by atoms with van der Waals surface area (Å²) >= 11 is 0. The van der Waals surface area contributed by atoms with Crippen LogP contribution in [0.15, 0.2) is 43.0 Å². The predicted octanol–water partition coefficient (Wildman–Crippen LogP) is 1.96. The van der Waals surface area contributed by atoms with Gasteiger partial charge in [0.15, 0.2) is 0 Å². The molecule has 2 aromatic rings. The van der Waals surface area contributed by atoms with Gasteiger partial charge in [-0.05, 0) is 43.2 Å². The zero-order valence-electron chi connectivity index (χ0n) is 16.4. The average Bonchev–Trinajstić information content (AvgIpc) is 3.29. The monoisotopic (exact) mass is 394 g/mol. The fourth-order valence-corrected chi connectivity index (χ4v) is 4.49. The smallest absolute Gasteiger partial charge is 0.251 e. The van der Waals surface area contributed by atoms with Crippen molar-refractivity contribution in [3.63, 3.8) is 0 Å². The molecule has 2 aliphatic heterocycles. The minimum atomic E-state index is -0.793. The molecule has 1 aromatic heterocycles. The van der Waals surface area contributed by atoms with E-state index < -0.39 is 5.41 Å². The Morgan fingerprint density at radius 2 is 2.00 bits per heavy atom. The zero-order chi connectivity index (χ0) is 20.3. The van der Waals surface area contributed by atoms with Crippen LogP contribution in [0.3, 0.4) is 0 Å². The van der Waals surface area contributed by atoms with Gasteiger partial charge in [-0.25, -0.2) is 9.97 Å². The van der Waals surface area contributed by atoms with Gasteiger partial charge in [-0.15, -0.1) is 0 Å². The summed E-state index contributed by atoms with van der Waals surface area (Å²) in [6.45, 7) is 1.60. The molecule has 29 heavy (non-hydrogen) atoms. The highest BCUT2D eigenvalue weighted by Crippen LogP contribution is 2.37. The summed E-state index contributed by atoms with van der Waals surface area (Å²) in [6, 6.07) is 7.92. The first-order chi connectivity index (χ1) is 14.1. The number of likely N-dealkylation sites (tertiary alicyclic amines) is 1. The third-order valence-corrected chi connectivity index (χ3v) is 6.03. The molecule has 0 unspecified atom stereocenters. The van der Waals surface area contributed by atoms with Crippen LogP contribution in [0.2, 0.25) is 0 Å². The Balaban J connectivity index is 1.61. The number of nitrogens with zero attached hydrogens (tertiary/aromatic N) is 3. The average molecular weight is 394 g/mol. The lowest BCUT2D eigenvalue weighted by Gasteiger charge is -2.41. The number of benzene rings is 1. The maximum absolute atomic E-state index is 12.9. The van der Waals surface area contributed by atoms with Crippen molar-refractivity contribution in [3.05, 3.63) is 48.5 Å². The first-order valence-electron chi connectivity index (χ1n) is 10.1. The van der Waals surface area contributed by atoms with Crippen molar-refractivity contribution in [2.75, 3.05) is 19.7 Å². The van der Waals surface area contributed by atoms with E-state index in [9.17, 15) is 9.59 Å². The van der Waals surface area contributed by atoms with E-state index in [1.807, 2.05) is 24.3 Å². The molecule has 4 rings (SSSR count). The summed E-state index contributed by atoms with van der Waals surface area (Å²) in [7, 11) is 0. The number of nitrogens with two attached hydrogens (primary N) is 1. The van der Waals surface area contributed by atoms with E-state index in [0.29, 0.717) is 32.5 Å². The Morgan fingerprint density at radius 3 is 2.72 bits per heavy atom. The van der Waals surface area contributed by atoms with Crippen LogP contribution in [0, 0.1) is 5.41 Å². The Kier molecular flexibility index (Phi) is 5.58. The van der Waals surface area contributed by atoms with E-state index in [0.717, 1.165) is 36.0 Å². The number of amides is 2. The van der Waals surface area contributed by atoms with Gasteiger partial charge in [-0.3, -0.25) is 9.59 Å². The van der Waals surface area contributed by atoms with E-state index in [2.05, 4.69) is 9.97 Å². The largest absolute Gasteiger partial charge is 0.369 e. The summed E-state index contributed by atoms with van der Waals surface area (Å²) < 4.78 is 5.57. The van der Waals surface area contributed by atoms with Crippen molar-refractivity contribution in [2.24, 2.45) is 11.1 Å². The second-order valence-corrected chi connectivity index (χ2v) is 7.97. The molecule has 1 aromatic carbocycles. The maximum Gasteiger partial charge on any atom is 0.251 e. The molecular weight excluding hydrogens is 368 g/mol. The molecule has 0 radical (unpaired) electrons.